The van der Waals surface area contributed by atoms with Gasteiger partial charge in [0.2, 0.25) is 0 Å². The molecular weight excluding hydrogens is 247 g/mol. The zero-order valence-electron chi connectivity index (χ0n) is 11.1. The first-order chi connectivity index (χ1) is 9.20. The maximum Gasteiger partial charge on any atom is 0.307 e. The van der Waals surface area contributed by atoms with E-state index in [9.17, 15) is 9.18 Å². The molecule has 1 aromatic carbocycles. The van der Waals surface area contributed by atoms with Crippen molar-refractivity contribution in [1.29, 1.82) is 0 Å². The molecule has 0 radical (unpaired) electrons. The average Bonchev–Trinajstić information content (AvgIpc) is 2.64. The second-order valence-electron chi connectivity index (χ2n) is 4.67. The maximum atomic E-state index is 13.3. The summed E-state index contributed by atoms with van der Waals surface area (Å²) in [4.78, 5) is 13.6. The summed E-state index contributed by atoms with van der Waals surface area (Å²) < 4.78 is 18.1. The number of rotatable bonds is 3. The molecule has 1 saturated heterocycles. The summed E-state index contributed by atoms with van der Waals surface area (Å²) in [6.07, 6.45) is 1.27. The van der Waals surface area contributed by atoms with E-state index in [4.69, 9.17) is 4.74 Å². The predicted molar refractivity (Wildman–Crippen MR) is 71.7 cm³/mol. The van der Waals surface area contributed by atoms with Crippen molar-refractivity contribution in [1.82, 2.24) is 5.32 Å². The number of hydrogen-bond donors (Lipinski definition) is 1. The van der Waals surface area contributed by atoms with E-state index in [1.807, 2.05) is 6.07 Å². The lowest BCUT2D eigenvalue weighted by atomic mass is 10.1. The molecule has 0 amide bonds. The Morgan fingerprint density at radius 2 is 2.42 bits per heavy atom. The second kappa shape index (κ2) is 6.52. The van der Waals surface area contributed by atoms with Crippen LogP contribution in [0.5, 0.6) is 0 Å². The van der Waals surface area contributed by atoms with E-state index in [0.29, 0.717) is 13.0 Å². The van der Waals surface area contributed by atoms with Crippen LogP contribution in [0.15, 0.2) is 24.3 Å². The molecule has 0 bridgehead atoms. The fraction of sp³-hybridized carbons (Fsp3) is 0.500. The summed E-state index contributed by atoms with van der Waals surface area (Å²) in [5.41, 5.74) is 0.817. The van der Waals surface area contributed by atoms with Crippen LogP contribution in [-0.2, 0) is 9.53 Å². The van der Waals surface area contributed by atoms with Crippen LogP contribution in [-0.4, -0.2) is 38.8 Å². The summed E-state index contributed by atoms with van der Waals surface area (Å²) >= 11 is 0. The van der Waals surface area contributed by atoms with Crippen molar-refractivity contribution in [2.24, 2.45) is 0 Å². The topological polar surface area (TPSA) is 41.6 Å². The highest BCUT2D eigenvalue weighted by atomic mass is 19.1. The molecule has 5 heteroatoms. The van der Waals surface area contributed by atoms with E-state index >= 15 is 0 Å². The van der Waals surface area contributed by atoms with Gasteiger partial charge in [0.25, 0.3) is 0 Å². The maximum absolute atomic E-state index is 13.3. The molecule has 0 aliphatic carbocycles. The number of benzene rings is 1. The Kier molecular flexibility index (Phi) is 4.74. The number of nitrogens with zero attached hydrogens (tertiary/aromatic N) is 1. The van der Waals surface area contributed by atoms with Gasteiger partial charge in [0.1, 0.15) is 5.82 Å². The van der Waals surface area contributed by atoms with Crippen molar-refractivity contribution < 1.29 is 13.9 Å². The standard InChI is InChI=1S/C14H19FN2O2/c1-19-14(18)9-13-10-16-6-3-7-17(13)12-5-2-4-11(15)8-12/h2,4-5,8,13,16H,3,6-7,9-10H2,1H3. The summed E-state index contributed by atoms with van der Waals surface area (Å²) in [7, 11) is 1.39. The van der Waals surface area contributed by atoms with E-state index in [2.05, 4.69) is 10.2 Å². The number of hydrogen-bond acceptors (Lipinski definition) is 4. The number of esters is 1. The van der Waals surface area contributed by atoms with E-state index in [0.717, 1.165) is 25.2 Å². The predicted octanol–water partition coefficient (Wildman–Crippen LogP) is 1.56. The van der Waals surface area contributed by atoms with Gasteiger partial charge in [0.15, 0.2) is 0 Å². The summed E-state index contributed by atoms with van der Waals surface area (Å²) in [6, 6.07) is 6.50. The Bertz CT molecular complexity index is 439. The molecular formula is C14H19FN2O2. The summed E-state index contributed by atoms with van der Waals surface area (Å²) in [5, 5.41) is 3.30. The highest BCUT2D eigenvalue weighted by Gasteiger charge is 2.24. The van der Waals surface area contributed by atoms with E-state index in [1.54, 1.807) is 6.07 Å². The number of ether oxygens (including phenoxy) is 1. The smallest absolute Gasteiger partial charge is 0.307 e. The first-order valence-electron chi connectivity index (χ1n) is 6.50. The van der Waals surface area contributed by atoms with Crippen molar-refractivity contribution in [3.8, 4) is 0 Å². The minimum absolute atomic E-state index is 0.00301. The zero-order chi connectivity index (χ0) is 13.7. The van der Waals surface area contributed by atoms with Gasteiger partial charge in [-0.25, -0.2) is 4.39 Å². The van der Waals surface area contributed by atoms with Gasteiger partial charge in [-0.2, -0.15) is 0 Å². The molecule has 19 heavy (non-hydrogen) atoms. The van der Waals surface area contributed by atoms with Crippen molar-refractivity contribution in [2.45, 2.75) is 18.9 Å². The normalized spacial score (nSPS) is 19.9. The van der Waals surface area contributed by atoms with Gasteiger partial charge >= 0.3 is 5.97 Å². The Hall–Kier alpha value is -1.62. The van der Waals surface area contributed by atoms with Gasteiger partial charge in [-0.05, 0) is 31.2 Å². The van der Waals surface area contributed by atoms with Crippen LogP contribution in [0.3, 0.4) is 0 Å². The third-order valence-electron chi connectivity index (χ3n) is 3.34. The molecule has 0 saturated carbocycles. The number of carbonyl (C=O) groups is 1. The van der Waals surface area contributed by atoms with Crippen molar-refractivity contribution in [2.75, 3.05) is 31.6 Å². The number of carbonyl (C=O) groups excluding carboxylic acids is 1. The molecule has 1 aliphatic heterocycles. The number of halogens is 1. The Morgan fingerprint density at radius 1 is 1.58 bits per heavy atom. The monoisotopic (exact) mass is 266 g/mol. The summed E-state index contributed by atoms with van der Waals surface area (Å²) in [5.74, 6) is -0.498. The lowest BCUT2D eigenvalue weighted by Gasteiger charge is -2.31. The molecule has 1 aromatic rings. The molecule has 1 unspecified atom stereocenters. The third kappa shape index (κ3) is 3.67. The lowest BCUT2D eigenvalue weighted by molar-refractivity contribution is -0.141. The number of anilines is 1. The third-order valence-corrected chi connectivity index (χ3v) is 3.34. The largest absolute Gasteiger partial charge is 0.469 e. The molecule has 1 heterocycles. The van der Waals surface area contributed by atoms with E-state index in [-0.39, 0.29) is 17.8 Å². The molecule has 104 valence electrons. The zero-order valence-corrected chi connectivity index (χ0v) is 11.1. The molecule has 1 N–H and O–H groups in total. The lowest BCUT2D eigenvalue weighted by Crippen LogP contribution is -2.41. The molecule has 4 nitrogen and oxygen atoms in total. The molecule has 2 rings (SSSR count). The Morgan fingerprint density at radius 3 is 3.16 bits per heavy atom. The van der Waals surface area contributed by atoms with Gasteiger partial charge < -0.3 is 15.0 Å². The summed E-state index contributed by atoms with van der Waals surface area (Å²) in [6.45, 7) is 2.41. The highest BCUT2D eigenvalue weighted by molar-refractivity contribution is 5.71. The molecule has 0 aromatic heterocycles. The quantitative estimate of drug-likeness (QED) is 0.843. The van der Waals surface area contributed by atoms with Crippen molar-refractivity contribution >= 4 is 11.7 Å². The van der Waals surface area contributed by atoms with Crippen LogP contribution in [0, 0.1) is 5.82 Å². The number of methoxy groups -OCH3 is 1. The van der Waals surface area contributed by atoms with Gasteiger partial charge in [0.05, 0.1) is 19.6 Å². The fourth-order valence-corrected chi connectivity index (χ4v) is 2.39. The Balaban J connectivity index is 2.19. The Labute approximate surface area is 112 Å². The van der Waals surface area contributed by atoms with Gasteiger partial charge in [-0.15, -0.1) is 0 Å². The van der Waals surface area contributed by atoms with Crippen LogP contribution < -0.4 is 10.2 Å². The SMILES string of the molecule is COC(=O)CC1CNCCCN1c1cccc(F)c1. The molecule has 1 atom stereocenters. The van der Waals surface area contributed by atoms with Gasteiger partial charge in [0, 0.05) is 18.8 Å². The van der Waals surface area contributed by atoms with Crippen molar-refractivity contribution in [3.05, 3.63) is 30.1 Å². The second-order valence-corrected chi connectivity index (χ2v) is 4.67. The van der Waals surface area contributed by atoms with Crippen LogP contribution in [0.25, 0.3) is 0 Å². The van der Waals surface area contributed by atoms with E-state index < -0.39 is 0 Å². The van der Waals surface area contributed by atoms with E-state index in [1.165, 1.54) is 19.2 Å². The van der Waals surface area contributed by atoms with Crippen LogP contribution in [0.4, 0.5) is 10.1 Å². The van der Waals surface area contributed by atoms with Gasteiger partial charge in [-0.3, -0.25) is 4.79 Å². The van der Waals surface area contributed by atoms with Crippen LogP contribution in [0.1, 0.15) is 12.8 Å². The molecule has 1 fully saturated rings. The van der Waals surface area contributed by atoms with Crippen molar-refractivity contribution in [3.63, 3.8) is 0 Å². The molecule has 0 spiro atoms. The number of nitrogens with one attached hydrogen (secondary N) is 1. The van der Waals surface area contributed by atoms with Crippen LogP contribution >= 0.6 is 0 Å². The minimum Gasteiger partial charge on any atom is -0.469 e. The average molecular weight is 266 g/mol. The first-order valence-corrected chi connectivity index (χ1v) is 6.50. The van der Waals surface area contributed by atoms with Crippen LogP contribution in [0.2, 0.25) is 0 Å². The highest BCUT2D eigenvalue weighted by Crippen LogP contribution is 2.21. The molecule has 1 aliphatic rings. The fourth-order valence-electron chi connectivity index (χ4n) is 2.39. The minimum atomic E-state index is -0.258. The van der Waals surface area contributed by atoms with Gasteiger partial charge in [-0.1, -0.05) is 6.07 Å². The first kappa shape index (κ1) is 13.8.